The normalized spacial score (nSPS) is 13.3. The van der Waals surface area contributed by atoms with Crippen LogP contribution in [0, 0.1) is 5.82 Å². The Morgan fingerprint density at radius 3 is 2.55 bits per heavy atom. The highest BCUT2D eigenvalue weighted by Crippen LogP contribution is 2.22. The van der Waals surface area contributed by atoms with Crippen molar-refractivity contribution in [1.29, 1.82) is 0 Å². The standard InChI is InChI=1S/C13H17F4NO2/c1-3-18-9(2)10-4-5-12(11(14)6-10)20-8-19-7-13(15,16)17/h4-6,9,18H,3,7-8H2,1-2H3. The molecule has 1 atom stereocenters. The molecule has 20 heavy (non-hydrogen) atoms. The molecule has 7 heteroatoms. The molecule has 1 unspecified atom stereocenters. The highest BCUT2D eigenvalue weighted by Gasteiger charge is 2.27. The van der Waals surface area contributed by atoms with E-state index in [0.717, 1.165) is 12.1 Å². The molecule has 0 amide bonds. The van der Waals surface area contributed by atoms with E-state index in [1.807, 2.05) is 13.8 Å². The lowest BCUT2D eigenvalue weighted by molar-refractivity contribution is -0.187. The molecule has 114 valence electrons. The molecule has 0 fully saturated rings. The number of rotatable bonds is 7. The summed E-state index contributed by atoms with van der Waals surface area (Å²) in [4.78, 5) is 0. The van der Waals surface area contributed by atoms with E-state index in [1.54, 1.807) is 6.07 Å². The van der Waals surface area contributed by atoms with Crippen molar-refractivity contribution < 1.29 is 27.0 Å². The highest BCUT2D eigenvalue weighted by atomic mass is 19.4. The van der Waals surface area contributed by atoms with Crippen LogP contribution < -0.4 is 10.1 Å². The lowest BCUT2D eigenvalue weighted by Crippen LogP contribution is -2.19. The third kappa shape index (κ3) is 5.75. The van der Waals surface area contributed by atoms with Crippen LogP contribution in [-0.2, 0) is 4.74 Å². The van der Waals surface area contributed by atoms with Crippen LogP contribution in [0.3, 0.4) is 0 Å². The Hall–Kier alpha value is -1.34. The maximum absolute atomic E-state index is 13.7. The lowest BCUT2D eigenvalue weighted by Gasteiger charge is -2.14. The largest absolute Gasteiger partial charge is 0.464 e. The van der Waals surface area contributed by atoms with Crippen molar-refractivity contribution in [3.05, 3.63) is 29.6 Å². The smallest absolute Gasteiger partial charge is 0.411 e. The zero-order chi connectivity index (χ0) is 15.2. The Labute approximate surface area is 114 Å². The third-order valence-electron chi connectivity index (χ3n) is 2.53. The fourth-order valence-electron chi connectivity index (χ4n) is 1.59. The van der Waals surface area contributed by atoms with Gasteiger partial charge in [-0.1, -0.05) is 13.0 Å². The second-order valence-corrected chi connectivity index (χ2v) is 4.20. The van der Waals surface area contributed by atoms with E-state index in [1.165, 1.54) is 12.1 Å². The van der Waals surface area contributed by atoms with Gasteiger partial charge < -0.3 is 14.8 Å². The Balaban J connectivity index is 2.52. The molecule has 0 saturated heterocycles. The maximum atomic E-state index is 13.7. The minimum Gasteiger partial charge on any atom is -0.464 e. The summed E-state index contributed by atoms with van der Waals surface area (Å²) >= 11 is 0. The van der Waals surface area contributed by atoms with Crippen LogP contribution in [0.25, 0.3) is 0 Å². The number of ether oxygens (including phenoxy) is 2. The van der Waals surface area contributed by atoms with Crippen molar-refractivity contribution in [1.82, 2.24) is 5.32 Å². The predicted octanol–water partition coefficient (Wildman–Crippen LogP) is 3.41. The minimum atomic E-state index is -4.42. The number of halogens is 4. The molecule has 3 nitrogen and oxygen atoms in total. The monoisotopic (exact) mass is 295 g/mol. The fourth-order valence-corrected chi connectivity index (χ4v) is 1.59. The van der Waals surface area contributed by atoms with Crippen molar-refractivity contribution in [3.8, 4) is 5.75 Å². The van der Waals surface area contributed by atoms with Crippen molar-refractivity contribution >= 4 is 0 Å². The van der Waals surface area contributed by atoms with E-state index in [0.29, 0.717) is 0 Å². The molecule has 1 N–H and O–H groups in total. The summed E-state index contributed by atoms with van der Waals surface area (Å²) < 4.78 is 58.2. The number of hydrogen-bond donors (Lipinski definition) is 1. The number of benzene rings is 1. The van der Waals surface area contributed by atoms with Gasteiger partial charge in [-0.25, -0.2) is 4.39 Å². The molecule has 1 rings (SSSR count). The molecule has 1 aromatic carbocycles. The molecule has 0 saturated carbocycles. The number of nitrogens with one attached hydrogen (secondary N) is 1. The quantitative estimate of drug-likeness (QED) is 0.475. The van der Waals surface area contributed by atoms with E-state index in [9.17, 15) is 17.6 Å². The van der Waals surface area contributed by atoms with Crippen molar-refractivity contribution in [2.24, 2.45) is 0 Å². The van der Waals surface area contributed by atoms with Gasteiger partial charge >= 0.3 is 6.18 Å². The second kappa shape index (κ2) is 7.44. The summed E-state index contributed by atoms with van der Waals surface area (Å²) in [6, 6.07) is 4.28. The third-order valence-corrected chi connectivity index (χ3v) is 2.53. The Morgan fingerprint density at radius 2 is 2.00 bits per heavy atom. The van der Waals surface area contributed by atoms with Gasteiger partial charge in [0.05, 0.1) is 0 Å². The number of alkyl halides is 3. The Morgan fingerprint density at radius 1 is 1.30 bits per heavy atom. The van der Waals surface area contributed by atoms with Crippen molar-refractivity contribution in [2.45, 2.75) is 26.1 Å². The van der Waals surface area contributed by atoms with E-state index in [4.69, 9.17) is 4.74 Å². The molecule has 0 radical (unpaired) electrons. The van der Waals surface area contributed by atoms with Gasteiger partial charge in [0.1, 0.15) is 6.61 Å². The summed E-state index contributed by atoms with van der Waals surface area (Å²) in [5.41, 5.74) is 0.730. The molecule has 0 heterocycles. The van der Waals surface area contributed by atoms with E-state index in [2.05, 4.69) is 10.1 Å². The van der Waals surface area contributed by atoms with Crippen molar-refractivity contribution in [3.63, 3.8) is 0 Å². The summed E-state index contributed by atoms with van der Waals surface area (Å²) in [6.07, 6.45) is -4.42. The first-order valence-electron chi connectivity index (χ1n) is 6.13. The zero-order valence-corrected chi connectivity index (χ0v) is 11.3. The van der Waals surface area contributed by atoms with Gasteiger partial charge in [0.25, 0.3) is 0 Å². The molecule has 1 aromatic rings. The van der Waals surface area contributed by atoms with Gasteiger partial charge in [0.2, 0.25) is 0 Å². The summed E-state index contributed by atoms with van der Waals surface area (Å²) in [5.74, 6) is -0.775. The molecule has 0 aliphatic rings. The van der Waals surface area contributed by atoms with E-state index < -0.39 is 25.4 Å². The molecule has 0 aromatic heterocycles. The van der Waals surface area contributed by atoms with Gasteiger partial charge in [-0.2, -0.15) is 13.2 Å². The van der Waals surface area contributed by atoms with Crippen LogP contribution in [0.15, 0.2) is 18.2 Å². The molecule has 0 aliphatic carbocycles. The van der Waals surface area contributed by atoms with Gasteiger partial charge in [-0.15, -0.1) is 0 Å². The zero-order valence-electron chi connectivity index (χ0n) is 11.3. The van der Waals surface area contributed by atoms with Gasteiger partial charge in [0.15, 0.2) is 18.4 Å². The lowest BCUT2D eigenvalue weighted by atomic mass is 10.1. The number of hydrogen-bond acceptors (Lipinski definition) is 3. The first-order valence-corrected chi connectivity index (χ1v) is 6.13. The van der Waals surface area contributed by atoms with E-state index in [-0.39, 0.29) is 11.8 Å². The van der Waals surface area contributed by atoms with Gasteiger partial charge in [0, 0.05) is 6.04 Å². The average Bonchev–Trinajstić information content (AvgIpc) is 2.35. The average molecular weight is 295 g/mol. The van der Waals surface area contributed by atoms with Crippen LogP contribution >= 0.6 is 0 Å². The Kier molecular flexibility index (Phi) is 6.22. The first-order chi connectivity index (χ1) is 9.33. The minimum absolute atomic E-state index is 0.0231. The van der Waals surface area contributed by atoms with Crippen LogP contribution in [0.5, 0.6) is 5.75 Å². The van der Waals surface area contributed by atoms with Crippen LogP contribution in [0.2, 0.25) is 0 Å². The molecular formula is C13H17F4NO2. The molecular weight excluding hydrogens is 278 g/mol. The van der Waals surface area contributed by atoms with Crippen LogP contribution in [-0.4, -0.2) is 26.1 Å². The second-order valence-electron chi connectivity index (χ2n) is 4.20. The van der Waals surface area contributed by atoms with Gasteiger partial charge in [-0.3, -0.25) is 0 Å². The van der Waals surface area contributed by atoms with Crippen LogP contribution in [0.4, 0.5) is 17.6 Å². The Bertz CT molecular complexity index is 423. The summed E-state index contributed by atoms with van der Waals surface area (Å²) in [7, 11) is 0. The maximum Gasteiger partial charge on any atom is 0.411 e. The predicted molar refractivity (Wildman–Crippen MR) is 66.0 cm³/mol. The topological polar surface area (TPSA) is 30.5 Å². The summed E-state index contributed by atoms with van der Waals surface area (Å²) in [6.45, 7) is 2.47. The molecule has 0 bridgehead atoms. The van der Waals surface area contributed by atoms with E-state index >= 15 is 0 Å². The molecule has 0 spiro atoms. The fraction of sp³-hybridized carbons (Fsp3) is 0.538. The highest BCUT2D eigenvalue weighted by molar-refractivity contribution is 5.30. The first kappa shape index (κ1) is 16.7. The molecule has 0 aliphatic heterocycles. The summed E-state index contributed by atoms with van der Waals surface area (Å²) in [5, 5.41) is 3.12. The SMILES string of the molecule is CCNC(C)c1ccc(OCOCC(F)(F)F)c(F)c1. The van der Waals surface area contributed by atoms with Gasteiger partial charge in [-0.05, 0) is 31.2 Å². The van der Waals surface area contributed by atoms with Crippen LogP contribution in [0.1, 0.15) is 25.5 Å². The van der Waals surface area contributed by atoms with Crippen molar-refractivity contribution in [2.75, 3.05) is 19.9 Å².